The van der Waals surface area contributed by atoms with E-state index in [2.05, 4.69) is 5.32 Å². The number of carbonyl (C=O) groups is 4. The van der Waals surface area contributed by atoms with E-state index in [0.29, 0.717) is 18.5 Å². The van der Waals surface area contributed by atoms with Gasteiger partial charge in [0.05, 0.1) is 0 Å². The summed E-state index contributed by atoms with van der Waals surface area (Å²) < 4.78 is 0. The zero-order valence-corrected chi connectivity index (χ0v) is 11.0. The van der Waals surface area contributed by atoms with Crippen LogP contribution in [-0.2, 0) is 19.2 Å². The van der Waals surface area contributed by atoms with Gasteiger partial charge in [-0.1, -0.05) is 6.42 Å². The molecule has 4 amide bonds. The first kappa shape index (κ1) is 15.8. The van der Waals surface area contributed by atoms with Crippen LogP contribution in [0.25, 0.3) is 0 Å². The largest absolute Gasteiger partial charge is 0.330 e. The molecule has 2 aliphatic rings. The summed E-state index contributed by atoms with van der Waals surface area (Å²) in [6, 6.07) is 0. The van der Waals surface area contributed by atoms with Crippen molar-refractivity contribution in [3.05, 3.63) is 23.8 Å². The summed E-state index contributed by atoms with van der Waals surface area (Å²) in [5.41, 5.74) is 5.92. The van der Waals surface area contributed by atoms with Gasteiger partial charge in [-0.25, -0.2) is 0 Å². The summed E-state index contributed by atoms with van der Waals surface area (Å²) in [6.45, 7) is 0.685. The lowest BCUT2D eigenvalue weighted by molar-refractivity contribution is -0.125. The van der Waals surface area contributed by atoms with E-state index >= 15 is 0 Å². The van der Waals surface area contributed by atoms with Crippen LogP contribution in [0.4, 0.5) is 0 Å². The molecule has 7 heteroatoms. The topological polar surface area (TPSA) is 118 Å². The standard InChI is InChI=1S/C9H14N2O2.C4H3NO2/c10-5-3-1-2-4-7-6-8(12)11-9(7)13;6-3-1-2-4(7)5-3/h6H,1-5,10H2,(H,11,12,13);1-2H,(H,5,6,7). The van der Waals surface area contributed by atoms with Crippen molar-refractivity contribution in [3.63, 3.8) is 0 Å². The third-order valence-corrected chi connectivity index (χ3v) is 2.62. The second-order valence-corrected chi connectivity index (χ2v) is 4.27. The molecule has 0 bridgehead atoms. The van der Waals surface area contributed by atoms with Gasteiger partial charge in [-0.15, -0.1) is 0 Å². The Morgan fingerprint density at radius 3 is 1.90 bits per heavy atom. The summed E-state index contributed by atoms with van der Waals surface area (Å²) in [5, 5.41) is 4.24. The van der Waals surface area contributed by atoms with Gasteiger partial charge in [-0.3, -0.25) is 29.8 Å². The zero-order valence-electron chi connectivity index (χ0n) is 11.0. The van der Waals surface area contributed by atoms with Gasteiger partial charge in [0.2, 0.25) is 0 Å². The van der Waals surface area contributed by atoms with Crippen molar-refractivity contribution in [1.29, 1.82) is 0 Å². The molecule has 7 nitrogen and oxygen atoms in total. The molecule has 0 aromatic rings. The van der Waals surface area contributed by atoms with Crippen LogP contribution in [0.5, 0.6) is 0 Å². The van der Waals surface area contributed by atoms with Crippen molar-refractivity contribution in [2.45, 2.75) is 25.7 Å². The third-order valence-electron chi connectivity index (χ3n) is 2.62. The average Bonchev–Trinajstić information content (AvgIpc) is 2.91. The van der Waals surface area contributed by atoms with E-state index < -0.39 is 0 Å². The highest BCUT2D eigenvalue weighted by molar-refractivity contribution is 6.16. The number of unbranched alkanes of at least 4 members (excludes halogenated alkanes) is 2. The molecule has 0 aliphatic carbocycles. The number of imide groups is 2. The van der Waals surface area contributed by atoms with Gasteiger partial charge < -0.3 is 5.73 Å². The second-order valence-electron chi connectivity index (χ2n) is 4.27. The van der Waals surface area contributed by atoms with Crippen LogP contribution >= 0.6 is 0 Å². The van der Waals surface area contributed by atoms with Crippen molar-refractivity contribution in [2.24, 2.45) is 5.73 Å². The van der Waals surface area contributed by atoms with E-state index in [0.717, 1.165) is 19.3 Å². The molecule has 20 heavy (non-hydrogen) atoms. The summed E-state index contributed by atoms with van der Waals surface area (Å²) in [4.78, 5) is 41.8. The minimum absolute atomic E-state index is 0.238. The molecule has 0 atom stereocenters. The lowest BCUT2D eigenvalue weighted by Crippen LogP contribution is -2.22. The van der Waals surface area contributed by atoms with Crippen LogP contribution in [0.2, 0.25) is 0 Å². The molecule has 2 rings (SSSR count). The minimum Gasteiger partial charge on any atom is -0.330 e. The maximum atomic E-state index is 11.0. The van der Waals surface area contributed by atoms with Gasteiger partial charge in [0.15, 0.2) is 0 Å². The number of carbonyl (C=O) groups excluding carboxylic acids is 4. The fraction of sp³-hybridized carbons (Fsp3) is 0.385. The van der Waals surface area contributed by atoms with Crippen molar-refractivity contribution in [2.75, 3.05) is 6.54 Å². The van der Waals surface area contributed by atoms with Crippen LogP contribution in [0.1, 0.15) is 25.7 Å². The van der Waals surface area contributed by atoms with Gasteiger partial charge in [0, 0.05) is 23.8 Å². The Labute approximate surface area is 116 Å². The van der Waals surface area contributed by atoms with E-state index in [4.69, 9.17) is 5.73 Å². The molecule has 0 spiro atoms. The third kappa shape index (κ3) is 5.57. The van der Waals surface area contributed by atoms with Crippen LogP contribution < -0.4 is 16.4 Å². The van der Waals surface area contributed by atoms with Crippen molar-refractivity contribution < 1.29 is 19.2 Å². The highest BCUT2D eigenvalue weighted by atomic mass is 16.2. The number of rotatable bonds is 5. The smallest absolute Gasteiger partial charge is 0.254 e. The van der Waals surface area contributed by atoms with Crippen LogP contribution in [0.15, 0.2) is 23.8 Å². The molecule has 0 unspecified atom stereocenters. The Bertz CT molecular complexity index is 464. The highest BCUT2D eigenvalue weighted by Gasteiger charge is 2.19. The van der Waals surface area contributed by atoms with Crippen LogP contribution in [-0.4, -0.2) is 30.2 Å². The Morgan fingerprint density at radius 1 is 0.850 bits per heavy atom. The molecule has 2 aliphatic heterocycles. The Kier molecular flexibility index (Phi) is 6.31. The van der Waals surface area contributed by atoms with Gasteiger partial charge in [0.1, 0.15) is 0 Å². The van der Waals surface area contributed by atoms with Crippen LogP contribution in [0, 0.1) is 0 Å². The fourth-order valence-corrected chi connectivity index (χ4v) is 1.63. The average molecular weight is 279 g/mol. The minimum atomic E-state index is -0.329. The second kappa shape index (κ2) is 8.00. The van der Waals surface area contributed by atoms with Crippen molar-refractivity contribution >= 4 is 23.6 Å². The number of hydrogen-bond acceptors (Lipinski definition) is 5. The van der Waals surface area contributed by atoms with E-state index in [9.17, 15) is 19.2 Å². The molecule has 0 aromatic carbocycles. The molecular formula is C13H17N3O4. The maximum Gasteiger partial charge on any atom is 0.254 e. The quantitative estimate of drug-likeness (QED) is 0.453. The summed E-state index contributed by atoms with van der Waals surface area (Å²) in [6.07, 6.45) is 7.36. The molecule has 0 aromatic heterocycles. The summed E-state index contributed by atoms with van der Waals surface area (Å²) in [5.74, 6) is -1.19. The normalized spacial score (nSPS) is 16.6. The highest BCUT2D eigenvalue weighted by Crippen LogP contribution is 2.12. The predicted octanol–water partition coefficient (Wildman–Crippen LogP) is -0.713. The molecule has 0 fully saturated rings. The SMILES string of the molecule is NCCCCCC1=CC(=O)NC1=O.O=C1C=CC(=O)N1. The Morgan fingerprint density at radius 2 is 1.50 bits per heavy atom. The first-order valence-electron chi connectivity index (χ1n) is 6.32. The van der Waals surface area contributed by atoms with E-state index in [1.807, 2.05) is 5.32 Å². The van der Waals surface area contributed by atoms with Crippen molar-refractivity contribution in [1.82, 2.24) is 10.6 Å². The molecule has 2 heterocycles. The first-order valence-corrected chi connectivity index (χ1v) is 6.32. The summed E-state index contributed by atoms with van der Waals surface area (Å²) in [7, 11) is 0. The monoisotopic (exact) mass is 279 g/mol. The van der Waals surface area contributed by atoms with Gasteiger partial charge in [-0.05, 0) is 25.8 Å². The number of amides is 4. The summed E-state index contributed by atoms with van der Waals surface area (Å²) >= 11 is 0. The number of hydrogen-bond donors (Lipinski definition) is 3. The molecular weight excluding hydrogens is 262 g/mol. The molecule has 0 saturated heterocycles. The molecule has 4 N–H and O–H groups in total. The van der Waals surface area contributed by atoms with Crippen molar-refractivity contribution in [3.8, 4) is 0 Å². The van der Waals surface area contributed by atoms with Gasteiger partial charge >= 0.3 is 0 Å². The van der Waals surface area contributed by atoms with Crippen LogP contribution in [0.3, 0.4) is 0 Å². The fourth-order valence-electron chi connectivity index (χ4n) is 1.63. The molecule has 108 valence electrons. The maximum absolute atomic E-state index is 11.0. The number of nitrogens with two attached hydrogens (primary N) is 1. The lowest BCUT2D eigenvalue weighted by Gasteiger charge is -1.98. The zero-order chi connectivity index (χ0) is 15.0. The Balaban J connectivity index is 0.000000240. The van der Waals surface area contributed by atoms with Gasteiger partial charge in [0.25, 0.3) is 23.6 Å². The Hall–Kier alpha value is -2.28. The first-order chi connectivity index (χ1) is 9.52. The lowest BCUT2D eigenvalue weighted by atomic mass is 10.1. The van der Waals surface area contributed by atoms with Gasteiger partial charge in [-0.2, -0.15) is 0 Å². The number of nitrogens with one attached hydrogen (secondary N) is 2. The van der Waals surface area contributed by atoms with E-state index in [-0.39, 0.29) is 23.6 Å². The predicted molar refractivity (Wildman–Crippen MR) is 71.0 cm³/mol. The van der Waals surface area contributed by atoms with E-state index in [1.54, 1.807) is 0 Å². The van der Waals surface area contributed by atoms with E-state index in [1.165, 1.54) is 18.2 Å². The molecule has 0 radical (unpaired) electrons. The molecule has 0 saturated carbocycles.